The molecular weight excluding hydrogens is 214 g/mol. The molecule has 0 radical (unpaired) electrons. The number of amides is 1. The maximum absolute atomic E-state index is 13.2. The Bertz CT molecular complexity index is 394. The van der Waals surface area contributed by atoms with E-state index >= 15 is 0 Å². The van der Waals surface area contributed by atoms with Gasteiger partial charge in [0.05, 0.1) is 11.7 Å². The third-order valence-electron chi connectivity index (χ3n) is 2.21. The molecule has 5 heteroatoms. The number of halogens is 2. The normalized spacial score (nSPS) is 12.6. The number of carbonyl (C=O) groups excluding carboxylic acids is 1. The Balaban J connectivity index is 2.80. The van der Waals surface area contributed by atoms with Crippen molar-refractivity contribution in [3.63, 3.8) is 0 Å². The minimum atomic E-state index is -0.748. The molecule has 1 amide bonds. The van der Waals surface area contributed by atoms with Gasteiger partial charge in [-0.1, -0.05) is 13.8 Å². The Kier molecular flexibility index (Phi) is 3.95. The number of nitrogens with one attached hydrogen (secondary N) is 1. The van der Waals surface area contributed by atoms with Crippen LogP contribution in [0.4, 0.5) is 14.5 Å². The Labute approximate surface area is 92.6 Å². The van der Waals surface area contributed by atoms with Gasteiger partial charge in [0.1, 0.15) is 11.6 Å². The van der Waals surface area contributed by atoms with Gasteiger partial charge in [0.15, 0.2) is 0 Å². The first-order chi connectivity index (χ1) is 7.41. The van der Waals surface area contributed by atoms with Crippen molar-refractivity contribution in [1.29, 1.82) is 0 Å². The summed E-state index contributed by atoms with van der Waals surface area (Å²) >= 11 is 0. The fraction of sp³-hybridized carbons (Fsp3) is 0.364. The number of anilines is 1. The number of hydrogen-bond acceptors (Lipinski definition) is 2. The van der Waals surface area contributed by atoms with Crippen LogP contribution in [-0.2, 0) is 4.79 Å². The summed E-state index contributed by atoms with van der Waals surface area (Å²) in [5.41, 5.74) is 5.37. The highest BCUT2D eigenvalue weighted by Gasteiger charge is 2.18. The smallest absolute Gasteiger partial charge is 0.241 e. The van der Waals surface area contributed by atoms with Crippen molar-refractivity contribution in [1.82, 2.24) is 0 Å². The lowest BCUT2D eigenvalue weighted by Crippen LogP contribution is -2.39. The van der Waals surface area contributed by atoms with Crippen molar-refractivity contribution in [3.05, 3.63) is 29.8 Å². The summed E-state index contributed by atoms with van der Waals surface area (Å²) in [6, 6.07) is 2.10. The standard InChI is InChI=1S/C11H14F2N2O/c1-6(2)10(14)11(16)15-9-5-7(12)3-4-8(9)13/h3-6,10H,14H2,1-2H3,(H,15,16)/t10-/m0/s1. The highest BCUT2D eigenvalue weighted by molar-refractivity contribution is 5.94. The molecule has 0 aliphatic rings. The van der Waals surface area contributed by atoms with Crippen LogP contribution in [0.1, 0.15) is 13.8 Å². The lowest BCUT2D eigenvalue weighted by molar-refractivity contribution is -0.118. The van der Waals surface area contributed by atoms with Crippen LogP contribution in [0.15, 0.2) is 18.2 Å². The minimum absolute atomic E-state index is 0.0726. The largest absolute Gasteiger partial charge is 0.322 e. The number of carbonyl (C=O) groups is 1. The molecule has 1 aromatic carbocycles. The molecule has 0 bridgehead atoms. The van der Waals surface area contributed by atoms with Gasteiger partial charge in [0.2, 0.25) is 5.91 Å². The van der Waals surface area contributed by atoms with Crippen LogP contribution in [0.2, 0.25) is 0 Å². The maximum Gasteiger partial charge on any atom is 0.241 e. The van der Waals surface area contributed by atoms with Gasteiger partial charge in [0, 0.05) is 6.07 Å². The topological polar surface area (TPSA) is 55.1 Å². The van der Waals surface area contributed by atoms with E-state index in [-0.39, 0.29) is 11.6 Å². The second kappa shape index (κ2) is 5.03. The molecule has 0 saturated heterocycles. The molecule has 1 atom stereocenters. The average Bonchev–Trinajstić information content (AvgIpc) is 2.22. The van der Waals surface area contributed by atoms with E-state index in [9.17, 15) is 13.6 Å². The first-order valence-electron chi connectivity index (χ1n) is 4.93. The van der Waals surface area contributed by atoms with Crippen LogP contribution >= 0.6 is 0 Å². The first-order valence-corrected chi connectivity index (χ1v) is 4.93. The van der Waals surface area contributed by atoms with E-state index in [0.29, 0.717) is 0 Å². The molecule has 0 aliphatic heterocycles. The van der Waals surface area contributed by atoms with E-state index in [0.717, 1.165) is 18.2 Å². The van der Waals surface area contributed by atoms with Crippen LogP contribution in [0.25, 0.3) is 0 Å². The SMILES string of the molecule is CC(C)[C@H](N)C(=O)Nc1cc(F)ccc1F. The molecule has 1 rings (SSSR count). The summed E-state index contributed by atoms with van der Waals surface area (Å²) in [7, 11) is 0. The van der Waals surface area contributed by atoms with E-state index in [1.54, 1.807) is 13.8 Å². The predicted octanol–water partition coefficient (Wildman–Crippen LogP) is 1.89. The summed E-state index contributed by atoms with van der Waals surface area (Å²) in [6.45, 7) is 3.54. The molecule has 0 heterocycles. The number of hydrogen-bond donors (Lipinski definition) is 2. The molecule has 0 fully saturated rings. The van der Waals surface area contributed by atoms with Crippen molar-refractivity contribution >= 4 is 11.6 Å². The molecule has 0 aromatic heterocycles. The van der Waals surface area contributed by atoms with E-state index in [4.69, 9.17) is 5.73 Å². The van der Waals surface area contributed by atoms with Gasteiger partial charge in [0.25, 0.3) is 0 Å². The zero-order valence-corrected chi connectivity index (χ0v) is 9.13. The molecular formula is C11H14F2N2O. The molecule has 0 saturated carbocycles. The van der Waals surface area contributed by atoms with Crippen molar-refractivity contribution in [3.8, 4) is 0 Å². The van der Waals surface area contributed by atoms with E-state index in [1.807, 2.05) is 0 Å². The van der Waals surface area contributed by atoms with Crippen LogP contribution < -0.4 is 11.1 Å². The first kappa shape index (κ1) is 12.6. The van der Waals surface area contributed by atoms with Crippen molar-refractivity contribution < 1.29 is 13.6 Å². The zero-order chi connectivity index (χ0) is 12.3. The number of nitrogens with two attached hydrogens (primary N) is 1. The third-order valence-corrected chi connectivity index (χ3v) is 2.21. The maximum atomic E-state index is 13.2. The van der Waals surface area contributed by atoms with E-state index in [2.05, 4.69) is 5.32 Å². The molecule has 0 unspecified atom stereocenters. The second-order valence-corrected chi connectivity index (χ2v) is 3.88. The highest BCUT2D eigenvalue weighted by atomic mass is 19.1. The van der Waals surface area contributed by atoms with Crippen LogP contribution in [-0.4, -0.2) is 11.9 Å². The number of rotatable bonds is 3. The summed E-state index contributed by atoms with van der Waals surface area (Å²) in [6.07, 6.45) is 0. The van der Waals surface area contributed by atoms with Crippen molar-refractivity contribution in [2.75, 3.05) is 5.32 Å². The monoisotopic (exact) mass is 228 g/mol. The van der Waals surface area contributed by atoms with Gasteiger partial charge in [-0.3, -0.25) is 4.79 Å². The summed E-state index contributed by atoms with van der Waals surface area (Å²) in [5.74, 6) is -1.91. The van der Waals surface area contributed by atoms with Gasteiger partial charge in [-0.2, -0.15) is 0 Å². The predicted molar refractivity (Wildman–Crippen MR) is 57.8 cm³/mol. The Morgan fingerprint density at radius 2 is 2.00 bits per heavy atom. The number of benzene rings is 1. The summed E-state index contributed by atoms with van der Waals surface area (Å²) < 4.78 is 26.0. The summed E-state index contributed by atoms with van der Waals surface area (Å²) in [4.78, 5) is 11.5. The van der Waals surface area contributed by atoms with Gasteiger partial charge in [-0.25, -0.2) is 8.78 Å². The van der Waals surface area contributed by atoms with Gasteiger partial charge in [-0.05, 0) is 18.1 Å². The Hall–Kier alpha value is -1.49. The molecule has 0 aliphatic carbocycles. The lowest BCUT2D eigenvalue weighted by atomic mass is 10.0. The van der Waals surface area contributed by atoms with Crippen LogP contribution in [0.3, 0.4) is 0 Å². The van der Waals surface area contributed by atoms with Gasteiger partial charge in [-0.15, -0.1) is 0 Å². The van der Waals surface area contributed by atoms with E-state index < -0.39 is 23.6 Å². The third kappa shape index (κ3) is 3.00. The van der Waals surface area contributed by atoms with Gasteiger partial charge < -0.3 is 11.1 Å². The molecule has 16 heavy (non-hydrogen) atoms. The zero-order valence-electron chi connectivity index (χ0n) is 9.13. The van der Waals surface area contributed by atoms with Gasteiger partial charge >= 0.3 is 0 Å². The molecule has 3 N–H and O–H groups in total. The second-order valence-electron chi connectivity index (χ2n) is 3.88. The Morgan fingerprint density at radius 1 is 1.38 bits per heavy atom. The highest BCUT2D eigenvalue weighted by Crippen LogP contribution is 2.15. The minimum Gasteiger partial charge on any atom is -0.322 e. The van der Waals surface area contributed by atoms with Crippen LogP contribution in [0.5, 0.6) is 0 Å². The quantitative estimate of drug-likeness (QED) is 0.830. The average molecular weight is 228 g/mol. The molecule has 88 valence electrons. The lowest BCUT2D eigenvalue weighted by Gasteiger charge is -2.15. The van der Waals surface area contributed by atoms with Crippen LogP contribution in [0, 0.1) is 17.6 Å². The Morgan fingerprint density at radius 3 is 2.56 bits per heavy atom. The van der Waals surface area contributed by atoms with Crippen molar-refractivity contribution in [2.24, 2.45) is 11.7 Å². The fourth-order valence-corrected chi connectivity index (χ4v) is 1.11. The molecule has 3 nitrogen and oxygen atoms in total. The fourth-order valence-electron chi connectivity index (χ4n) is 1.11. The molecule has 0 spiro atoms. The van der Waals surface area contributed by atoms with Crippen molar-refractivity contribution in [2.45, 2.75) is 19.9 Å². The molecule has 1 aromatic rings. The summed E-state index contributed by atoms with van der Waals surface area (Å²) in [5, 5.41) is 2.25. The van der Waals surface area contributed by atoms with E-state index in [1.165, 1.54) is 0 Å².